The first-order valence-corrected chi connectivity index (χ1v) is 6.69. The van der Waals surface area contributed by atoms with Gasteiger partial charge in [0.25, 0.3) is 0 Å². The highest BCUT2D eigenvalue weighted by atomic mass is 35.5. The van der Waals surface area contributed by atoms with Gasteiger partial charge in [-0.2, -0.15) is 11.3 Å². The zero-order chi connectivity index (χ0) is 11.4. The molecular weight excluding hydrogens is 256 g/mol. The normalized spacial score (nSPS) is 19.5. The summed E-state index contributed by atoms with van der Waals surface area (Å²) in [7, 11) is 1.92. The van der Waals surface area contributed by atoms with Crippen molar-refractivity contribution in [1.82, 2.24) is 10.2 Å². The smallest absolute Gasteiger partial charge is 0.227 e. The number of hydrogen-bond acceptors (Lipinski definition) is 3. The molecule has 2 heterocycles. The third-order valence-corrected chi connectivity index (χ3v) is 3.88. The van der Waals surface area contributed by atoms with Crippen molar-refractivity contribution < 1.29 is 4.79 Å². The monoisotopic (exact) mass is 274 g/mol. The summed E-state index contributed by atoms with van der Waals surface area (Å²) in [5.74, 6) is 0.229. The van der Waals surface area contributed by atoms with Crippen molar-refractivity contribution in [2.75, 3.05) is 20.1 Å². The van der Waals surface area contributed by atoms with E-state index in [0.717, 1.165) is 25.1 Å². The number of rotatable bonds is 3. The molecule has 3 nitrogen and oxygen atoms in total. The average molecular weight is 275 g/mol. The highest BCUT2D eigenvalue weighted by molar-refractivity contribution is 7.07. The Morgan fingerprint density at radius 2 is 2.47 bits per heavy atom. The second-order valence-electron chi connectivity index (χ2n) is 4.31. The van der Waals surface area contributed by atoms with Crippen LogP contribution in [0.25, 0.3) is 0 Å². The van der Waals surface area contributed by atoms with Gasteiger partial charge >= 0.3 is 0 Å². The van der Waals surface area contributed by atoms with Gasteiger partial charge < -0.3 is 10.2 Å². The molecule has 0 radical (unpaired) electrons. The molecule has 1 fully saturated rings. The van der Waals surface area contributed by atoms with Crippen molar-refractivity contribution in [3.05, 3.63) is 22.4 Å². The van der Waals surface area contributed by atoms with Gasteiger partial charge in [-0.3, -0.25) is 4.79 Å². The molecule has 1 atom stereocenters. The molecule has 1 amide bonds. The molecule has 1 aliphatic rings. The van der Waals surface area contributed by atoms with Crippen LogP contribution in [0.2, 0.25) is 0 Å². The van der Waals surface area contributed by atoms with Crippen molar-refractivity contribution in [2.45, 2.75) is 25.3 Å². The second kappa shape index (κ2) is 6.99. The van der Waals surface area contributed by atoms with Crippen LogP contribution in [0.5, 0.6) is 0 Å². The highest BCUT2D eigenvalue weighted by Crippen LogP contribution is 2.12. The minimum atomic E-state index is 0. The lowest BCUT2D eigenvalue weighted by molar-refractivity contribution is -0.131. The largest absolute Gasteiger partial charge is 0.341 e. The van der Waals surface area contributed by atoms with Crippen LogP contribution in [0, 0.1) is 0 Å². The van der Waals surface area contributed by atoms with Crippen LogP contribution in [-0.2, 0) is 11.2 Å². The number of nitrogens with one attached hydrogen (secondary N) is 1. The first-order valence-electron chi connectivity index (χ1n) is 5.75. The lowest BCUT2D eigenvalue weighted by Gasteiger charge is -2.31. The van der Waals surface area contributed by atoms with E-state index in [0.29, 0.717) is 12.5 Å². The molecule has 1 saturated heterocycles. The van der Waals surface area contributed by atoms with E-state index in [2.05, 4.69) is 5.32 Å². The summed E-state index contributed by atoms with van der Waals surface area (Å²) >= 11 is 1.65. The number of carbonyl (C=O) groups is 1. The van der Waals surface area contributed by atoms with Crippen LogP contribution < -0.4 is 5.32 Å². The van der Waals surface area contributed by atoms with E-state index in [4.69, 9.17) is 0 Å². The van der Waals surface area contributed by atoms with E-state index >= 15 is 0 Å². The third kappa shape index (κ3) is 3.98. The van der Waals surface area contributed by atoms with Gasteiger partial charge in [0, 0.05) is 19.6 Å². The Morgan fingerprint density at radius 1 is 1.65 bits per heavy atom. The molecule has 1 aromatic rings. The van der Waals surface area contributed by atoms with E-state index in [1.807, 2.05) is 28.8 Å². The summed E-state index contributed by atoms with van der Waals surface area (Å²) in [5, 5.41) is 7.40. The SMILES string of the molecule is CN(C(=O)Cc1ccsc1)C1CCCNC1.Cl. The van der Waals surface area contributed by atoms with Gasteiger partial charge in [-0.1, -0.05) is 0 Å². The van der Waals surface area contributed by atoms with Crippen molar-refractivity contribution >= 4 is 29.7 Å². The van der Waals surface area contributed by atoms with Gasteiger partial charge in [-0.25, -0.2) is 0 Å². The number of carbonyl (C=O) groups excluding carboxylic acids is 1. The van der Waals surface area contributed by atoms with E-state index in [9.17, 15) is 4.79 Å². The van der Waals surface area contributed by atoms with E-state index in [-0.39, 0.29) is 18.3 Å². The molecule has 96 valence electrons. The number of thiophene rings is 1. The molecule has 0 saturated carbocycles. The fraction of sp³-hybridized carbons (Fsp3) is 0.583. The standard InChI is InChI=1S/C12H18N2OS.ClH/c1-14(11-3-2-5-13-8-11)12(15)7-10-4-6-16-9-10;/h4,6,9,11,13H,2-3,5,7-8H2,1H3;1H. The van der Waals surface area contributed by atoms with Crippen LogP contribution in [0.4, 0.5) is 0 Å². The number of likely N-dealkylation sites (N-methyl/N-ethyl adjacent to an activating group) is 1. The van der Waals surface area contributed by atoms with Crippen LogP contribution in [0.1, 0.15) is 18.4 Å². The van der Waals surface area contributed by atoms with Gasteiger partial charge in [-0.15, -0.1) is 12.4 Å². The highest BCUT2D eigenvalue weighted by Gasteiger charge is 2.21. The average Bonchev–Trinajstić information content (AvgIpc) is 2.82. The predicted octanol–water partition coefficient (Wildman–Crippen LogP) is 1.92. The van der Waals surface area contributed by atoms with Gasteiger partial charge in [0.15, 0.2) is 0 Å². The molecule has 0 aliphatic carbocycles. The first kappa shape index (κ1) is 14.5. The molecule has 0 spiro atoms. The first-order chi connectivity index (χ1) is 7.77. The molecule has 1 aromatic heterocycles. The maximum absolute atomic E-state index is 12.0. The molecule has 2 rings (SSSR count). The quantitative estimate of drug-likeness (QED) is 0.913. The maximum atomic E-state index is 12.0. The Balaban J connectivity index is 0.00000144. The van der Waals surface area contributed by atoms with E-state index in [1.165, 1.54) is 6.42 Å². The minimum absolute atomic E-state index is 0. The van der Waals surface area contributed by atoms with Gasteiger partial charge in [0.2, 0.25) is 5.91 Å². The Hall–Kier alpha value is -0.580. The zero-order valence-corrected chi connectivity index (χ0v) is 11.6. The Kier molecular flexibility index (Phi) is 5.95. The van der Waals surface area contributed by atoms with Gasteiger partial charge in [-0.05, 0) is 41.8 Å². The number of amides is 1. The lowest BCUT2D eigenvalue weighted by atomic mass is 10.1. The number of piperidine rings is 1. The molecule has 1 N–H and O–H groups in total. The van der Waals surface area contributed by atoms with Crippen molar-refractivity contribution in [3.63, 3.8) is 0 Å². The summed E-state index contributed by atoms with van der Waals surface area (Å²) in [5.41, 5.74) is 1.13. The van der Waals surface area contributed by atoms with E-state index < -0.39 is 0 Å². The lowest BCUT2D eigenvalue weighted by Crippen LogP contribution is -2.47. The van der Waals surface area contributed by atoms with Gasteiger partial charge in [0.1, 0.15) is 0 Å². The summed E-state index contributed by atoms with van der Waals surface area (Å²) < 4.78 is 0. The topological polar surface area (TPSA) is 32.3 Å². The van der Waals surface area contributed by atoms with Crippen LogP contribution >= 0.6 is 23.7 Å². The summed E-state index contributed by atoms with van der Waals surface area (Å²) in [6.07, 6.45) is 2.83. The number of hydrogen-bond donors (Lipinski definition) is 1. The van der Waals surface area contributed by atoms with Crippen molar-refractivity contribution in [1.29, 1.82) is 0 Å². The predicted molar refractivity (Wildman–Crippen MR) is 73.9 cm³/mol. The zero-order valence-electron chi connectivity index (χ0n) is 10.0. The molecule has 5 heteroatoms. The summed E-state index contributed by atoms with van der Waals surface area (Å²) in [4.78, 5) is 13.9. The molecular formula is C12H19ClN2OS. The van der Waals surface area contributed by atoms with Crippen LogP contribution in [0.15, 0.2) is 16.8 Å². The fourth-order valence-corrected chi connectivity index (χ4v) is 2.73. The van der Waals surface area contributed by atoms with Crippen molar-refractivity contribution in [3.8, 4) is 0 Å². The Labute approximate surface area is 113 Å². The minimum Gasteiger partial charge on any atom is -0.341 e. The van der Waals surface area contributed by atoms with Crippen molar-refractivity contribution in [2.24, 2.45) is 0 Å². The molecule has 17 heavy (non-hydrogen) atoms. The summed E-state index contributed by atoms with van der Waals surface area (Å²) in [6, 6.07) is 2.40. The second-order valence-corrected chi connectivity index (χ2v) is 5.09. The Morgan fingerprint density at radius 3 is 3.06 bits per heavy atom. The molecule has 0 aromatic carbocycles. The number of halogens is 1. The van der Waals surface area contributed by atoms with Gasteiger partial charge in [0.05, 0.1) is 6.42 Å². The number of nitrogens with zero attached hydrogens (tertiary/aromatic N) is 1. The molecule has 0 bridgehead atoms. The van der Waals surface area contributed by atoms with Crippen LogP contribution in [-0.4, -0.2) is 37.0 Å². The fourth-order valence-electron chi connectivity index (χ4n) is 2.06. The summed E-state index contributed by atoms with van der Waals surface area (Å²) in [6.45, 7) is 2.02. The third-order valence-electron chi connectivity index (χ3n) is 3.15. The van der Waals surface area contributed by atoms with E-state index in [1.54, 1.807) is 11.3 Å². The molecule has 1 aliphatic heterocycles. The maximum Gasteiger partial charge on any atom is 0.227 e. The van der Waals surface area contributed by atoms with Crippen LogP contribution in [0.3, 0.4) is 0 Å². The molecule has 1 unspecified atom stereocenters. The Bertz CT molecular complexity index is 336.